The summed E-state index contributed by atoms with van der Waals surface area (Å²) < 4.78 is 8.23. The third kappa shape index (κ3) is 5.97. The average Bonchev–Trinajstić information content (AvgIpc) is 2.93. The SMILES string of the molecule is [2H]CN(C(=O)[C@@H](C)O)[C@](C(=O)[C@H](C)NC)(C(=O)[C@@](C(=O)[C@](C)(O)C(=O)O)([C@@H](C)CC)N(C)C(=O)[C@H](C)O)[C@@H](C)CC. The number of hydrogen-bond acceptors (Lipinski definition) is 10. The minimum atomic E-state index is -3.29. The number of Topliss-reactive ketones (excluding diaryl/α,β-unsaturated/α-hetero) is 3. The summed E-state index contributed by atoms with van der Waals surface area (Å²) in [5, 5.41) is 43.9. The molecule has 0 aromatic heterocycles. The first-order chi connectivity index (χ1) is 18.7. The summed E-state index contributed by atoms with van der Waals surface area (Å²) >= 11 is 0. The van der Waals surface area contributed by atoms with Crippen LogP contribution < -0.4 is 5.32 Å². The van der Waals surface area contributed by atoms with Gasteiger partial charge in [0.05, 0.1) is 6.04 Å². The molecule has 0 spiro atoms. The molecule has 0 radical (unpaired) electrons. The molecule has 13 heteroatoms. The van der Waals surface area contributed by atoms with E-state index in [0.29, 0.717) is 16.7 Å². The fourth-order valence-corrected chi connectivity index (χ4v) is 4.95. The van der Waals surface area contributed by atoms with Crippen molar-refractivity contribution in [2.24, 2.45) is 11.8 Å². The van der Waals surface area contributed by atoms with Crippen molar-refractivity contribution in [3.05, 3.63) is 0 Å². The van der Waals surface area contributed by atoms with Crippen molar-refractivity contribution in [2.45, 2.75) is 103 Å². The van der Waals surface area contributed by atoms with E-state index in [4.69, 9.17) is 1.37 Å². The van der Waals surface area contributed by atoms with Crippen LogP contribution in [-0.2, 0) is 28.8 Å². The van der Waals surface area contributed by atoms with E-state index in [2.05, 4.69) is 5.32 Å². The van der Waals surface area contributed by atoms with Crippen molar-refractivity contribution < 1.29 is 50.6 Å². The lowest BCUT2D eigenvalue weighted by Crippen LogP contribution is -2.80. The van der Waals surface area contributed by atoms with Crippen LogP contribution in [0.4, 0.5) is 0 Å². The lowest BCUT2D eigenvalue weighted by Gasteiger charge is -2.53. The maximum Gasteiger partial charge on any atom is 0.343 e. The summed E-state index contributed by atoms with van der Waals surface area (Å²) in [7, 11) is 1.31. The highest BCUT2D eigenvalue weighted by atomic mass is 16.4. The van der Waals surface area contributed by atoms with Crippen LogP contribution in [0, 0.1) is 11.8 Å². The van der Waals surface area contributed by atoms with Crippen LogP contribution in [-0.4, -0.2) is 121 Å². The maximum absolute atomic E-state index is 15.3. The molecule has 0 fully saturated rings. The third-order valence-electron chi connectivity index (χ3n) is 8.02. The van der Waals surface area contributed by atoms with Crippen molar-refractivity contribution in [2.75, 3.05) is 21.1 Å². The van der Waals surface area contributed by atoms with Gasteiger partial charge in [-0.3, -0.25) is 24.0 Å². The monoisotopic (exact) mass is 574 g/mol. The van der Waals surface area contributed by atoms with Crippen LogP contribution in [0.2, 0.25) is 0 Å². The van der Waals surface area contributed by atoms with Crippen LogP contribution in [0.3, 0.4) is 0 Å². The Hall–Kier alpha value is -2.74. The van der Waals surface area contributed by atoms with Gasteiger partial charge in [0.1, 0.15) is 12.2 Å². The Bertz CT molecular complexity index is 1020. The molecule has 0 unspecified atom stereocenters. The normalized spacial score (nSPS) is 20.2. The third-order valence-corrected chi connectivity index (χ3v) is 8.02. The number of carboxylic acid groups (broad SMARTS) is 1. The molecule has 5 N–H and O–H groups in total. The number of nitrogens with one attached hydrogen (secondary N) is 1. The molecule has 0 bridgehead atoms. The van der Waals surface area contributed by atoms with Gasteiger partial charge in [-0.2, -0.15) is 0 Å². The van der Waals surface area contributed by atoms with Gasteiger partial charge in [0.25, 0.3) is 11.8 Å². The van der Waals surface area contributed by atoms with Gasteiger partial charge in [-0.05, 0) is 46.6 Å². The van der Waals surface area contributed by atoms with Crippen LogP contribution in [0.25, 0.3) is 0 Å². The molecule has 0 aromatic rings. The molecular formula is C27H47N3O10. The minimum Gasteiger partial charge on any atom is -0.479 e. The minimum absolute atomic E-state index is 0.00562. The summed E-state index contributed by atoms with van der Waals surface area (Å²) in [4.78, 5) is 83.9. The van der Waals surface area contributed by atoms with E-state index in [0.717, 1.165) is 20.9 Å². The summed E-state index contributed by atoms with van der Waals surface area (Å²) in [6, 6.07) is -1.19. The van der Waals surface area contributed by atoms with Crippen LogP contribution in [0.1, 0.15) is 69.6 Å². The largest absolute Gasteiger partial charge is 0.479 e. The fourth-order valence-electron chi connectivity index (χ4n) is 4.95. The summed E-state index contributed by atoms with van der Waals surface area (Å²) in [5.41, 5.74) is -8.97. The number of carbonyl (C=O) groups excluding carboxylic acids is 5. The van der Waals surface area contributed by atoms with Gasteiger partial charge < -0.3 is 35.5 Å². The molecule has 40 heavy (non-hydrogen) atoms. The molecule has 0 aliphatic rings. The molecule has 8 atom stereocenters. The second-order valence-electron chi connectivity index (χ2n) is 10.6. The van der Waals surface area contributed by atoms with Gasteiger partial charge in [-0.25, -0.2) is 4.79 Å². The van der Waals surface area contributed by atoms with Crippen molar-refractivity contribution in [1.29, 1.82) is 0 Å². The molecule has 0 rings (SSSR count). The number of nitrogens with zero attached hydrogens (tertiary/aromatic N) is 2. The summed E-state index contributed by atoms with van der Waals surface area (Å²) in [5.74, 6) is -11.0. The molecular weight excluding hydrogens is 526 g/mol. The molecule has 0 aliphatic heterocycles. The van der Waals surface area contributed by atoms with E-state index in [-0.39, 0.29) is 12.8 Å². The van der Waals surface area contributed by atoms with E-state index in [9.17, 15) is 44.4 Å². The van der Waals surface area contributed by atoms with Crippen LogP contribution >= 0.6 is 0 Å². The number of rotatable bonds is 16. The first-order valence-corrected chi connectivity index (χ1v) is 13.2. The Balaban J connectivity index is 8.69. The molecule has 0 saturated heterocycles. The Labute approximate surface area is 237 Å². The molecule has 2 amide bonds. The number of aliphatic carboxylic acids is 1. The number of ketones is 3. The topological polar surface area (TPSA) is 202 Å². The highest BCUT2D eigenvalue weighted by Gasteiger charge is 2.69. The standard InChI is InChI=1S/C27H47N3O10/c1-12-14(3)26(19(33)16(5)28-9,29(10)20(34)17(6)31)23(37)27(15(4)13-2,30(11)21(35)18(7)32)22(36)25(8,40)24(38)39/h14-18,28,31-32,40H,12-13H2,1-11H3,(H,38,39)/t14-,15-,16-,17+,18-,25-,26+,27-/m0/s1/i10D. The predicted octanol–water partition coefficient (Wildman–Crippen LogP) is -0.615. The van der Waals surface area contributed by atoms with Gasteiger partial charge in [0, 0.05) is 15.4 Å². The smallest absolute Gasteiger partial charge is 0.343 e. The number of amides is 2. The Morgan fingerprint density at radius 3 is 1.55 bits per heavy atom. The second-order valence-corrected chi connectivity index (χ2v) is 10.6. The average molecular weight is 575 g/mol. The fraction of sp³-hybridized carbons (Fsp3) is 0.778. The molecule has 230 valence electrons. The quantitative estimate of drug-likeness (QED) is 0.147. The zero-order valence-electron chi connectivity index (χ0n) is 26.1. The van der Waals surface area contributed by atoms with Gasteiger partial charge in [-0.1, -0.05) is 40.5 Å². The van der Waals surface area contributed by atoms with Gasteiger partial charge in [-0.15, -0.1) is 0 Å². The zero-order chi connectivity index (χ0) is 32.8. The molecule has 0 aromatic carbocycles. The maximum atomic E-state index is 15.3. The molecule has 13 nitrogen and oxygen atoms in total. The van der Waals surface area contributed by atoms with Crippen molar-refractivity contribution >= 4 is 35.1 Å². The van der Waals surface area contributed by atoms with E-state index < -0.39 is 88.9 Å². The van der Waals surface area contributed by atoms with Gasteiger partial charge in [0.2, 0.25) is 11.4 Å². The van der Waals surface area contributed by atoms with Crippen molar-refractivity contribution in [3.8, 4) is 0 Å². The predicted molar refractivity (Wildman–Crippen MR) is 145 cm³/mol. The number of aliphatic hydroxyl groups is 3. The van der Waals surface area contributed by atoms with E-state index in [1.807, 2.05) is 0 Å². The summed E-state index contributed by atoms with van der Waals surface area (Å²) in [6.07, 6.45) is -3.69. The number of hydrogen-bond donors (Lipinski definition) is 5. The van der Waals surface area contributed by atoms with Crippen molar-refractivity contribution in [1.82, 2.24) is 15.1 Å². The Morgan fingerprint density at radius 2 is 1.23 bits per heavy atom. The number of carboxylic acids is 1. The van der Waals surface area contributed by atoms with E-state index in [1.54, 1.807) is 6.92 Å². The second kappa shape index (κ2) is 13.7. The number of aliphatic hydroxyl groups excluding tert-OH is 2. The highest BCUT2D eigenvalue weighted by molar-refractivity contribution is 6.30. The number of carbonyl (C=O) groups is 6. The lowest BCUT2D eigenvalue weighted by molar-refractivity contribution is -0.182. The lowest BCUT2D eigenvalue weighted by atomic mass is 9.60. The van der Waals surface area contributed by atoms with Crippen molar-refractivity contribution in [3.63, 3.8) is 0 Å². The van der Waals surface area contributed by atoms with Gasteiger partial charge in [0.15, 0.2) is 22.6 Å². The van der Waals surface area contributed by atoms with E-state index in [1.165, 1.54) is 34.7 Å². The molecule has 0 aliphatic carbocycles. The number of likely N-dealkylation sites (N-methyl/N-ethyl adjacent to an activating group) is 3. The van der Waals surface area contributed by atoms with Crippen LogP contribution in [0.5, 0.6) is 0 Å². The highest BCUT2D eigenvalue weighted by Crippen LogP contribution is 2.42. The van der Waals surface area contributed by atoms with Crippen LogP contribution in [0.15, 0.2) is 0 Å². The summed E-state index contributed by atoms with van der Waals surface area (Å²) in [6.45, 7) is 9.93. The zero-order valence-corrected chi connectivity index (χ0v) is 25.1. The molecule has 0 heterocycles. The first kappa shape index (κ1) is 35.3. The molecule has 0 saturated carbocycles. The van der Waals surface area contributed by atoms with E-state index >= 15 is 4.79 Å². The van der Waals surface area contributed by atoms with Gasteiger partial charge >= 0.3 is 5.97 Å². The Kier molecular flexibility index (Phi) is 12.1. The first-order valence-electron chi connectivity index (χ1n) is 13.9. The Morgan fingerprint density at radius 1 is 0.825 bits per heavy atom.